The van der Waals surface area contributed by atoms with Gasteiger partial charge in [-0.3, -0.25) is 0 Å². The van der Waals surface area contributed by atoms with Crippen LogP contribution < -0.4 is 0 Å². The fourth-order valence-corrected chi connectivity index (χ4v) is 2.32. The van der Waals surface area contributed by atoms with E-state index in [1.807, 2.05) is 23.5 Å². The molecule has 0 aliphatic heterocycles. The van der Waals surface area contributed by atoms with Crippen molar-refractivity contribution >= 4 is 23.5 Å². The summed E-state index contributed by atoms with van der Waals surface area (Å²) in [6, 6.07) is 0. The summed E-state index contributed by atoms with van der Waals surface area (Å²) in [5.74, 6) is 2.68. The molecule has 0 saturated carbocycles. The zero-order chi connectivity index (χ0) is 9.45. The molecule has 0 radical (unpaired) electrons. The summed E-state index contributed by atoms with van der Waals surface area (Å²) in [5, 5.41) is 0. The Morgan fingerprint density at radius 1 is 1.25 bits per heavy atom. The van der Waals surface area contributed by atoms with Crippen molar-refractivity contribution in [1.29, 1.82) is 0 Å². The molecule has 0 rings (SSSR count). The van der Waals surface area contributed by atoms with Gasteiger partial charge in [0.2, 0.25) is 0 Å². The van der Waals surface area contributed by atoms with Gasteiger partial charge < -0.3 is 0 Å². The van der Waals surface area contributed by atoms with Gasteiger partial charge in [0, 0.05) is 6.42 Å². The van der Waals surface area contributed by atoms with Gasteiger partial charge in [-0.2, -0.15) is 0 Å². The second kappa shape index (κ2) is 6.74. The molecule has 0 nitrogen and oxygen atoms in total. The van der Waals surface area contributed by atoms with Crippen LogP contribution in [0.1, 0.15) is 32.6 Å². The highest BCUT2D eigenvalue weighted by Crippen LogP contribution is 2.37. The number of hydrogen-bond donors (Lipinski definition) is 0. The van der Waals surface area contributed by atoms with E-state index in [1.165, 1.54) is 19.3 Å². The molecule has 0 N–H and O–H groups in total. The number of terminal acetylenes is 1. The molecule has 0 fully saturated rings. The predicted octanol–water partition coefficient (Wildman–Crippen LogP) is 3.62. The molecule has 0 saturated heterocycles. The van der Waals surface area contributed by atoms with Gasteiger partial charge in [0.15, 0.2) is 0 Å². The first-order valence-corrected chi connectivity index (χ1v) is 6.67. The highest BCUT2D eigenvalue weighted by Gasteiger charge is 2.19. The first kappa shape index (κ1) is 12.3. The fraction of sp³-hybridized carbons (Fsp3) is 0.800. The van der Waals surface area contributed by atoms with Crippen molar-refractivity contribution in [2.24, 2.45) is 0 Å². The zero-order valence-electron chi connectivity index (χ0n) is 8.22. The summed E-state index contributed by atoms with van der Waals surface area (Å²) in [5.41, 5.74) is 0. The van der Waals surface area contributed by atoms with Gasteiger partial charge in [-0.15, -0.1) is 35.9 Å². The molecular weight excluding hydrogens is 184 g/mol. The summed E-state index contributed by atoms with van der Waals surface area (Å²) in [6.07, 6.45) is 14.2. The van der Waals surface area contributed by atoms with Crippen molar-refractivity contribution in [1.82, 2.24) is 0 Å². The number of hydrogen-bond acceptors (Lipinski definition) is 2. The molecule has 0 spiro atoms. The van der Waals surface area contributed by atoms with E-state index in [4.69, 9.17) is 6.42 Å². The van der Waals surface area contributed by atoms with E-state index in [9.17, 15) is 0 Å². The molecule has 0 bridgehead atoms. The van der Waals surface area contributed by atoms with E-state index in [-0.39, 0.29) is 0 Å². The van der Waals surface area contributed by atoms with Gasteiger partial charge in [-0.1, -0.05) is 6.42 Å². The Balaban J connectivity index is 3.53. The molecule has 0 aromatic heterocycles. The summed E-state index contributed by atoms with van der Waals surface area (Å²) >= 11 is 3.88. The lowest BCUT2D eigenvalue weighted by molar-refractivity contribution is 0.667. The van der Waals surface area contributed by atoms with Crippen LogP contribution in [0, 0.1) is 12.3 Å². The monoisotopic (exact) mass is 202 g/mol. The fourth-order valence-electron chi connectivity index (χ4n) is 0.961. The maximum Gasteiger partial charge on any atom is 0.0577 e. The van der Waals surface area contributed by atoms with Crippen LogP contribution in [-0.2, 0) is 0 Å². The first-order chi connectivity index (χ1) is 5.68. The van der Waals surface area contributed by atoms with Crippen LogP contribution in [0.15, 0.2) is 0 Å². The van der Waals surface area contributed by atoms with Crippen LogP contribution in [0.2, 0.25) is 0 Å². The molecule has 2 heteroatoms. The van der Waals surface area contributed by atoms with E-state index in [1.54, 1.807) is 0 Å². The number of rotatable bonds is 6. The average Bonchev–Trinajstić information content (AvgIpc) is 2.12. The Morgan fingerprint density at radius 3 is 2.25 bits per heavy atom. The van der Waals surface area contributed by atoms with Crippen molar-refractivity contribution in [3.05, 3.63) is 0 Å². The maximum absolute atomic E-state index is 5.18. The van der Waals surface area contributed by atoms with Crippen molar-refractivity contribution in [3.63, 3.8) is 0 Å². The van der Waals surface area contributed by atoms with E-state index in [0.29, 0.717) is 4.08 Å². The van der Waals surface area contributed by atoms with Crippen molar-refractivity contribution in [3.8, 4) is 12.3 Å². The van der Waals surface area contributed by atoms with Crippen LogP contribution in [0.5, 0.6) is 0 Å². The minimum atomic E-state index is 0.397. The molecule has 0 atom stereocenters. The van der Waals surface area contributed by atoms with Gasteiger partial charge >= 0.3 is 0 Å². The molecule has 0 amide bonds. The van der Waals surface area contributed by atoms with Crippen molar-refractivity contribution in [2.45, 2.75) is 36.7 Å². The Hall–Kier alpha value is 0.260. The van der Waals surface area contributed by atoms with Crippen LogP contribution in [-0.4, -0.2) is 16.6 Å². The summed E-state index contributed by atoms with van der Waals surface area (Å²) in [4.78, 5) is 0. The molecule has 0 aliphatic carbocycles. The van der Waals surface area contributed by atoms with E-state index >= 15 is 0 Å². The van der Waals surface area contributed by atoms with E-state index in [2.05, 4.69) is 25.4 Å². The molecule has 0 heterocycles. The largest absolute Gasteiger partial charge is 0.148 e. The lowest BCUT2D eigenvalue weighted by Crippen LogP contribution is -2.13. The average molecular weight is 202 g/mol. The van der Waals surface area contributed by atoms with Crippen LogP contribution >= 0.6 is 23.5 Å². The van der Waals surface area contributed by atoms with Gasteiger partial charge in [0.25, 0.3) is 0 Å². The number of thioether (sulfide) groups is 2. The normalized spacial score (nSPS) is 11.2. The van der Waals surface area contributed by atoms with Crippen molar-refractivity contribution < 1.29 is 0 Å². The summed E-state index contributed by atoms with van der Waals surface area (Å²) in [6.45, 7) is 2.30. The lowest BCUT2D eigenvalue weighted by Gasteiger charge is -2.24. The van der Waals surface area contributed by atoms with Crippen LogP contribution in [0.4, 0.5) is 0 Å². The molecule has 70 valence electrons. The molecular formula is C10H18S2. The third-order valence-corrected chi connectivity index (χ3v) is 5.20. The van der Waals surface area contributed by atoms with Gasteiger partial charge in [0.05, 0.1) is 4.08 Å². The smallest absolute Gasteiger partial charge is 0.0577 e. The third-order valence-electron chi connectivity index (χ3n) is 2.07. The Bertz CT molecular complexity index is 142. The van der Waals surface area contributed by atoms with Gasteiger partial charge in [-0.05, 0) is 32.3 Å². The van der Waals surface area contributed by atoms with Gasteiger partial charge in [0.1, 0.15) is 0 Å². The van der Waals surface area contributed by atoms with Crippen LogP contribution in [0.3, 0.4) is 0 Å². The zero-order valence-corrected chi connectivity index (χ0v) is 9.86. The second-order valence-corrected chi connectivity index (χ2v) is 5.83. The Labute approximate surface area is 85.3 Å². The first-order valence-electron chi connectivity index (χ1n) is 4.22. The Morgan fingerprint density at radius 2 is 1.83 bits per heavy atom. The SMILES string of the molecule is C#CCCCCC(C)(SC)SC. The quantitative estimate of drug-likeness (QED) is 0.366. The molecule has 0 aromatic rings. The van der Waals surface area contributed by atoms with E-state index < -0.39 is 0 Å². The minimum Gasteiger partial charge on any atom is -0.148 e. The molecule has 0 unspecified atom stereocenters. The lowest BCUT2D eigenvalue weighted by atomic mass is 10.1. The van der Waals surface area contributed by atoms with E-state index in [0.717, 1.165) is 6.42 Å². The number of unbranched alkanes of at least 4 members (excludes halogenated alkanes) is 2. The highest BCUT2D eigenvalue weighted by atomic mass is 32.2. The third kappa shape index (κ3) is 5.00. The van der Waals surface area contributed by atoms with Crippen molar-refractivity contribution in [2.75, 3.05) is 12.5 Å². The maximum atomic E-state index is 5.18. The summed E-state index contributed by atoms with van der Waals surface area (Å²) in [7, 11) is 0. The van der Waals surface area contributed by atoms with Crippen LogP contribution in [0.25, 0.3) is 0 Å². The minimum absolute atomic E-state index is 0.397. The standard InChI is InChI=1S/C10H18S2/c1-5-6-7-8-9-10(2,11-3)12-4/h1H,6-9H2,2-4H3. The molecule has 0 aromatic carbocycles. The Kier molecular flexibility index (Phi) is 6.89. The molecule has 0 aliphatic rings. The summed E-state index contributed by atoms with van der Waals surface area (Å²) < 4.78 is 0.397. The highest BCUT2D eigenvalue weighted by molar-refractivity contribution is 8.17. The predicted molar refractivity (Wildman–Crippen MR) is 62.7 cm³/mol. The second-order valence-electron chi connectivity index (χ2n) is 2.95. The molecule has 12 heavy (non-hydrogen) atoms. The topological polar surface area (TPSA) is 0 Å². The van der Waals surface area contributed by atoms with Gasteiger partial charge in [-0.25, -0.2) is 0 Å².